The number of benzene rings is 2. The molecule has 21 heavy (non-hydrogen) atoms. The van der Waals surface area contributed by atoms with Gasteiger partial charge in [-0.25, -0.2) is 0 Å². The van der Waals surface area contributed by atoms with E-state index in [1.807, 2.05) is 18.2 Å². The maximum atomic E-state index is 12.6. The minimum atomic E-state index is -4.31. The summed E-state index contributed by atoms with van der Waals surface area (Å²) in [7, 11) is 0. The molecule has 0 fully saturated rings. The average molecular weight is 293 g/mol. The molecule has 1 aliphatic rings. The van der Waals surface area contributed by atoms with Crippen LogP contribution in [0.25, 0.3) is 11.1 Å². The van der Waals surface area contributed by atoms with Gasteiger partial charge in [-0.1, -0.05) is 30.3 Å². The molecule has 5 heteroatoms. The highest BCUT2D eigenvalue weighted by molar-refractivity contribution is 5.72. The topological polar surface area (TPSA) is 21.3 Å². The fourth-order valence-corrected chi connectivity index (χ4v) is 2.41. The van der Waals surface area contributed by atoms with Gasteiger partial charge in [0.1, 0.15) is 12.4 Å². The normalized spacial score (nSPS) is 15.0. The summed E-state index contributed by atoms with van der Waals surface area (Å²) in [5.41, 5.74) is 1.92. The van der Waals surface area contributed by atoms with Gasteiger partial charge in [0.2, 0.25) is 0 Å². The smallest absolute Gasteiger partial charge is 0.416 e. The van der Waals surface area contributed by atoms with Crippen LogP contribution in [0.15, 0.2) is 42.5 Å². The second-order valence-corrected chi connectivity index (χ2v) is 4.89. The van der Waals surface area contributed by atoms with Crippen LogP contribution >= 0.6 is 0 Å². The summed E-state index contributed by atoms with van der Waals surface area (Å²) in [6, 6.07) is 10.9. The molecule has 1 aliphatic heterocycles. The SMILES string of the molecule is FC(F)(F)c1ccc(-c2cccc3c2OCCNC3)cc1. The molecular formula is C16H14F3NO. The number of halogens is 3. The number of rotatable bonds is 1. The minimum Gasteiger partial charge on any atom is -0.491 e. The van der Waals surface area contributed by atoms with Gasteiger partial charge in [0.15, 0.2) is 0 Å². The van der Waals surface area contributed by atoms with E-state index in [1.54, 1.807) is 0 Å². The molecule has 2 aromatic rings. The number of fused-ring (bicyclic) bond motifs is 1. The van der Waals surface area contributed by atoms with E-state index in [0.29, 0.717) is 13.2 Å². The molecule has 3 rings (SSSR count). The van der Waals surface area contributed by atoms with Gasteiger partial charge in [0.25, 0.3) is 0 Å². The molecule has 110 valence electrons. The summed E-state index contributed by atoms with van der Waals surface area (Å²) in [5.74, 6) is 0.752. The summed E-state index contributed by atoms with van der Waals surface area (Å²) in [6.07, 6.45) is -4.31. The second-order valence-electron chi connectivity index (χ2n) is 4.89. The third-order valence-corrected chi connectivity index (χ3v) is 3.46. The van der Waals surface area contributed by atoms with Crippen molar-refractivity contribution in [1.82, 2.24) is 5.32 Å². The lowest BCUT2D eigenvalue weighted by Crippen LogP contribution is -2.16. The zero-order chi connectivity index (χ0) is 14.9. The Kier molecular flexibility index (Phi) is 3.59. The molecule has 2 nitrogen and oxygen atoms in total. The zero-order valence-corrected chi connectivity index (χ0v) is 11.2. The molecular weight excluding hydrogens is 279 g/mol. The van der Waals surface area contributed by atoms with Gasteiger partial charge in [-0.2, -0.15) is 13.2 Å². The maximum Gasteiger partial charge on any atom is 0.416 e. The van der Waals surface area contributed by atoms with Crippen molar-refractivity contribution in [2.45, 2.75) is 12.7 Å². The lowest BCUT2D eigenvalue weighted by Gasteiger charge is -2.13. The Morgan fingerprint density at radius 3 is 2.48 bits per heavy atom. The molecule has 0 saturated carbocycles. The van der Waals surface area contributed by atoms with Gasteiger partial charge >= 0.3 is 6.18 Å². The van der Waals surface area contributed by atoms with Crippen molar-refractivity contribution < 1.29 is 17.9 Å². The van der Waals surface area contributed by atoms with Crippen LogP contribution in [0, 0.1) is 0 Å². The number of para-hydroxylation sites is 1. The molecule has 0 aliphatic carbocycles. The first-order valence-corrected chi connectivity index (χ1v) is 6.69. The molecule has 0 spiro atoms. The lowest BCUT2D eigenvalue weighted by atomic mass is 10.00. The zero-order valence-electron chi connectivity index (χ0n) is 11.2. The summed E-state index contributed by atoms with van der Waals surface area (Å²) >= 11 is 0. The van der Waals surface area contributed by atoms with Crippen LogP contribution in [0.5, 0.6) is 5.75 Å². The van der Waals surface area contributed by atoms with Crippen molar-refractivity contribution in [2.24, 2.45) is 0 Å². The van der Waals surface area contributed by atoms with E-state index in [-0.39, 0.29) is 0 Å². The Balaban J connectivity index is 2.01. The molecule has 0 aromatic heterocycles. The molecule has 1 heterocycles. The standard InChI is InChI=1S/C16H14F3NO/c17-16(18,19)13-6-4-11(5-7-13)14-3-1-2-12-10-20-8-9-21-15(12)14/h1-7,20H,8-10H2. The molecule has 0 atom stereocenters. The fourth-order valence-electron chi connectivity index (χ4n) is 2.41. The maximum absolute atomic E-state index is 12.6. The molecule has 2 aromatic carbocycles. The van der Waals surface area contributed by atoms with Gasteiger partial charge in [0.05, 0.1) is 5.56 Å². The number of alkyl halides is 3. The van der Waals surface area contributed by atoms with Crippen molar-refractivity contribution >= 4 is 0 Å². The van der Waals surface area contributed by atoms with E-state index in [0.717, 1.165) is 41.1 Å². The molecule has 1 N–H and O–H groups in total. The van der Waals surface area contributed by atoms with Gasteiger partial charge in [-0.3, -0.25) is 0 Å². The predicted molar refractivity (Wildman–Crippen MR) is 74.1 cm³/mol. The van der Waals surface area contributed by atoms with E-state index >= 15 is 0 Å². The van der Waals surface area contributed by atoms with Gasteiger partial charge in [-0.05, 0) is 17.7 Å². The highest BCUT2D eigenvalue weighted by atomic mass is 19.4. The van der Waals surface area contributed by atoms with Crippen LogP contribution < -0.4 is 10.1 Å². The van der Waals surface area contributed by atoms with Crippen LogP contribution in [0.1, 0.15) is 11.1 Å². The first kappa shape index (κ1) is 13.9. The van der Waals surface area contributed by atoms with Crippen LogP contribution in [0.4, 0.5) is 13.2 Å². The summed E-state index contributed by atoms with van der Waals surface area (Å²) < 4.78 is 43.6. The molecule has 0 bridgehead atoms. The highest BCUT2D eigenvalue weighted by Gasteiger charge is 2.30. The first-order chi connectivity index (χ1) is 10.1. The van der Waals surface area contributed by atoms with Crippen molar-refractivity contribution in [2.75, 3.05) is 13.2 Å². The third-order valence-electron chi connectivity index (χ3n) is 3.46. The fraction of sp³-hybridized carbons (Fsp3) is 0.250. The van der Waals surface area contributed by atoms with Crippen molar-refractivity contribution in [3.63, 3.8) is 0 Å². The highest BCUT2D eigenvalue weighted by Crippen LogP contribution is 2.36. The van der Waals surface area contributed by atoms with Crippen molar-refractivity contribution in [3.05, 3.63) is 53.6 Å². The summed E-state index contributed by atoms with van der Waals surface area (Å²) in [4.78, 5) is 0. The van der Waals surface area contributed by atoms with Crippen molar-refractivity contribution in [1.29, 1.82) is 0 Å². The lowest BCUT2D eigenvalue weighted by molar-refractivity contribution is -0.137. The number of hydrogen-bond acceptors (Lipinski definition) is 2. The summed E-state index contributed by atoms with van der Waals surface area (Å²) in [5, 5.41) is 3.24. The Bertz CT molecular complexity index is 635. The van der Waals surface area contributed by atoms with Crippen LogP contribution in [0.2, 0.25) is 0 Å². The Labute approximate surface area is 120 Å². The predicted octanol–water partition coefficient (Wildman–Crippen LogP) is 3.85. The molecule has 0 radical (unpaired) electrons. The van der Waals surface area contributed by atoms with Gasteiger partial charge < -0.3 is 10.1 Å². The molecule has 0 amide bonds. The Morgan fingerprint density at radius 1 is 1.00 bits per heavy atom. The summed E-state index contributed by atoms with van der Waals surface area (Å²) in [6.45, 7) is 2.00. The van der Waals surface area contributed by atoms with E-state index in [2.05, 4.69) is 5.32 Å². The second kappa shape index (κ2) is 5.41. The number of ether oxygens (including phenoxy) is 1. The van der Waals surface area contributed by atoms with E-state index < -0.39 is 11.7 Å². The quantitative estimate of drug-likeness (QED) is 0.862. The minimum absolute atomic E-state index is 0.546. The van der Waals surface area contributed by atoms with E-state index in [1.165, 1.54) is 12.1 Å². The first-order valence-electron chi connectivity index (χ1n) is 6.69. The van der Waals surface area contributed by atoms with Crippen molar-refractivity contribution in [3.8, 4) is 16.9 Å². The average Bonchev–Trinajstić information content (AvgIpc) is 2.71. The largest absolute Gasteiger partial charge is 0.491 e. The Hall–Kier alpha value is -2.01. The van der Waals surface area contributed by atoms with Crippen LogP contribution in [-0.2, 0) is 12.7 Å². The van der Waals surface area contributed by atoms with E-state index in [9.17, 15) is 13.2 Å². The van der Waals surface area contributed by atoms with Gasteiger partial charge in [-0.15, -0.1) is 0 Å². The van der Waals surface area contributed by atoms with Crippen LogP contribution in [-0.4, -0.2) is 13.2 Å². The van der Waals surface area contributed by atoms with Gasteiger partial charge in [0, 0.05) is 24.2 Å². The number of nitrogens with one attached hydrogen (secondary N) is 1. The van der Waals surface area contributed by atoms with Crippen LogP contribution in [0.3, 0.4) is 0 Å². The number of hydrogen-bond donors (Lipinski definition) is 1. The van der Waals surface area contributed by atoms with E-state index in [4.69, 9.17) is 4.74 Å². The molecule has 0 unspecified atom stereocenters. The third kappa shape index (κ3) is 2.88. The monoisotopic (exact) mass is 293 g/mol. The Morgan fingerprint density at radius 2 is 1.76 bits per heavy atom. The molecule has 0 saturated heterocycles.